The molecule has 0 bridgehead atoms. The number of aromatic hydroxyl groups is 1. The maximum Gasteiger partial charge on any atom is 0.115 e. The van der Waals surface area contributed by atoms with Gasteiger partial charge >= 0.3 is 0 Å². The normalized spacial score (nSPS) is 18.5. The summed E-state index contributed by atoms with van der Waals surface area (Å²) in [6.07, 6.45) is 0.916. The fourth-order valence-corrected chi connectivity index (χ4v) is 2.43. The van der Waals surface area contributed by atoms with Gasteiger partial charge in [-0.3, -0.25) is 5.01 Å². The first-order chi connectivity index (χ1) is 9.24. The van der Waals surface area contributed by atoms with Gasteiger partial charge in [-0.15, -0.1) is 0 Å². The van der Waals surface area contributed by atoms with E-state index >= 15 is 0 Å². The van der Waals surface area contributed by atoms with Crippen molar-refractivity contribution in [2.45, 2.75) is 19.4 Å². The average Bonchev–Trinajstić information content (AvgIpc) is 2.83. The van der Waals surface area contributed by atoms with Crippen LogP contribution in [-0.2, 0) is 0 Å². The molecule has 3 nitrogen and oxygen atoms in total. The first kappa shape index (κ1) is 11.8. The lowest BCUT2D eigenvalue weighted by Gasteiger charge is -2.24. The van der Waals surface area contributed by atoms with Crippen molar-refractivity contribution < 1.29 is 5.11 Å². The molecule has 19 heavy (non-hydrogen) atoms. The molecule has 2 aromatic carbocycles. The number of phenols is 1. The fraction of sp³-hybridized carbons (Fsp3) is 0.188. The highest BCUT2D eigenvalue weighted by Gasteiger charge is 2.26. The molecule has 0 aromatic heterocycles. The van der Waals surface area contributed by atoms with Crippen LogP contribution >= 0.6 is 0 Å². The van der Waals surface area contributed by atoms with Gasteiger partial charge in [0.15, 0.2) is 0 Å². The number of hydrogen-bond donors (Lipinski definition) is 1. The Balaban J connectivity index is 1.95. The highest BCUT2D eigenvalue weighted by molar-refractivity contribution is 5.86. The van der Waals surface area contributed by atoms with Crippen molar-refractivity contribution in [1.82, 2.24) is 0 Å². The zero-order valence-corrected chi connectivity index (χ0v) is 10.8. The van der Waals surface area contributed by atoms with Crippen molar-refractivity contribution in [3.63, 3.8) is 0 Å². The van der Waals surface area contributed by atoms with E-state index in [-0.39, 0.29) is 6.04 Å². The molecule has 1 atom stereocenters. The van der Waals surface area contributed by atoms with Gasteiger partial charge in [-0.05, 0) is 36.8 Å². The van der Waals surface area contributed by atoms with Crippen LogP contribution in [0.1, 0.15) is 24.9 Å². The van der Waals surface area contributed by atoms with Gasteiger partial charge in [0.1, 0.15) is 5.75 Å². The molecule has 1 aliphatic heterocycles. The molecule has 0 saturated carbocycles. The van der Waals surface area contributed by atoms with Gasteiger partial charge in [0.25, 0.3) is 0 Å². The van der Waals surface area contributed by atoms with E-state index in [0.29, 0.717) is 5.75 Å². The molecule has 1 aliphatic rings. The minimum atomic E-state index is 0.211. The third kappa shape index (κ3) is 2.32. The Kier molecular flexibility index (Phi) is 2.95. The molecule has 1 N–H and O–H groups in total. The number of hydrazone groups is 1. The Hall–Kier alpha value is -2.29. The van der Waals surface area contributed by atoms with E-state index in [0.717, 1.165) is 17.8 Å². The van der Waals surface area contributed by atoms with E-state index in [1.807, 2.05) is 30.3 Å². The Morgan fingerprint density at radius 2 is 1.74 bits per heavy atom. The van der Waals surface area contributed by atoms with Gasteiger partial charge in [0, 0.05) is 12.1 Å². The Morgan fingerprint density at radius 1 is 1.05 bits per heavy atom. The molecule has 1 heterocycles. The number of hydrogen-bond acceptors (Lipinski definition) is 3. The molecule has 0 fully saturated rings. The van der Waals surface area contributed by atoms with E-state index in [4.69, 9.17) is 0 Å². The first-order valence-corrected chi connectivity index (χ1v) is 6.41. The van der Waals surface area contributed by atoms with E-state index in [9.17, 15) is 5.11 Å². The molecular weight excluding hydrogens is 236 g/mol. The summed E-state index contributed by atoms with van der Waals surface area (Å²) in [5.41, 5.74) is 3.39. The largest absolute Gasteiger partial charge is 0.508 e. The van der Waals surface area contributed by atoms with Crippen molar-refractivity contribution in [3.8, 4) is 5.75 Å². The molecule has 2 aromatic rings. The second kappa shape index (κ2) is 4.76. The quantitative estimate of drug-likeness (QED) is 0.884. The number of nitrogens with zero attached hydrogens (tertiary/aromatic N) is 2. The minimum Gasteiger partial charge on any atom is -0.508 e. The lowest BCUT2D eigenvalue weighted by molar-refractivity contribution is 0.475. The number of anilines is 1. The van der Waals surface area contributed by atoms with Crippen LogP contribution in [0.25, 0.3) is 0 Å². The van der Waals surface area contributed by atoms with Crippen molar-refractivity contribution in [2.24, 2.45) is 5.10 Å². The monoisotopic (exact) mass is 252 g/mol. The second-order valence-electron chi connectivity index (χ2n) is 4.83. The average molecular weight is 252 g/mol. The molecule has 0 radical (unpaired) electrons. The van der Waals surface area contributed by atoms with Crippen LogP contribution in [0, 0.1) is 0 Å². The summed E-state index contributed by atoms with van der Waals surface area (Å²) >= 11 is 0. The summed E-state index contributed by atoms with van der Waals surface area (Å²) in [5.74, 6) is 0.297. The summed E-state index contributed by atoms with van der Waals surface area (Å²) in [4.78, 5) is 0. The minimum absolute atomic E-state index is 0.211. The van der Waals surface area contributed by atoms with E-state index < -0.39 is 0 Å². The van der Waals surface area contributed by atoms with Crippen LogP contribution in [-0.4, -0.2) is 10.8 Å². The zero-order valence-electron chi connectivity index (χ0n) is 10.8. The van der Waals surface area contributed by atoms with Crippen molar-refractivity contribution in [1.29, 1.82) is 0 Å². The smallest absolute Gasteiger partial charge is 0.115 e. The fourth-order valence-electron chi connectivity index (χ4n) is 2.43. The molecule has 0 amide bonds. The lowest BCUT2D eigenvalue weighted by atomic mass is 10.0. The van der Waals surface area contributed by atoms with Crippen LogP contribution in [0.5, 0.6) is 5.75 Å². The summed E-state index contributed by atoms with van der Waals surface area (Å²) in [6, 6.07) is 17.8. The van der Waals surface area contributed by atoms with E-state index in [1.165, 1.54) is 5.56 Å². The van der Waals surface area contributed by atoms with Crippen LogP contribution in [0.3, 0.4) is 0 Å². The maximum absolute atomic E-state index is 9.39. The van der Waals surface area contributed by atoms with E-state index in [2.05, 4.69) is 29.2 Å². The van der Waals surface area contributed by atoms with Gasteiger partial charge in [-0.25, -0.2) is 0 Å². The Morgan fingerprint density at radius 3 is 2.42 bits per heavy atom. The predicted molar refractivity (Wildman–Crippen MR) is 77.5 cm³/mol. The highest BCUT2D eigenvalue weighted by Crippen LogP contribution is 2.35. The van der Waals surface area contributed by atoms with Crippen LogP contribution in [0.15, 0.2) is 59.7 Å². The first-order valence-electron chi connectivity index (χ1n) is 6.41. The molecular formula is C16H16N2O. The van der Waals surface area contributed by atoms with Crippen LogP contribution < -0.4 is 5.01 Å². The second-order valence-corrected chi connectivity index (χ2v) is 4.83. The SMILES string of the molecule is CC1=NN(c2ccccc2)[C@H](c2ccc(O)cc2)C1. The van der Waals surface area contributed by atoms with Gasteiger partial charge in [-0.2, -0.15) is 5.10 Å². The summed E-state index contributed by atoms with van der Waals surface area (Å²) < 4.78 is 0. The molecule has 0 unspecified atom stereocenters. The van der Waals surface area contributed by atoms with E-state index in [1.54, 1.807) is 12.1 Å². The van der Waals surface area contributed by atoms with Crippen LogP contribution in [0.2, 0.25) is 0 Å². The summed E-state index contributed by atoms with van der Waals surface area (Å²) in [7, 11) is 0. The van der Waals surface area contributed by atoms with Crippen LogP contribution in [0.4, 0.5) is 5.69 Å². The Labute approximate surface area is 112 Å². The van der Waals surface area contributed by atoms with Crippen molar-refractivity contribution >= 4 is 11.4 Å². The van der Waals surface area contributed by atoms with Gasteiger partial charge < -0.3 is 5.11 Å². The van der Waals surface area contributed by atoms with Crippen molar-refractivity contribution in [3.05, 3.63) is 60.2 Å². The molecule has 96 valence electrons. The molecule has 3 heteroatoms. The number of para-hydroxylation sites is 1. The maximum atomic E-state index is 9.39. The molecule has 0 saturated heterocycles. The third-order valence-corrected chi connectivity index (χ3v) is 3.36. The number of phenolic OH excluding ortho intramolecular Hbond substituents is 1. The molecule has 0 aliphatic carbocycles. The molecule has 3 rings (SSSR count). The van der Waals surface area contributed by atoms with Crippen molar-refractivity contribution in [2.75, 3.05) is 5.01 Å². The molecule has 0 spiro atoms. The topological polar surface area (TPSA) is 35.8 Å². The summed E-state index contributed by atoms with van der Waals surface area (Å²) in [5, 5.41) is 16.1. The zero-order chi connectivity index (χ0) is 13.2. The standard InChI is InChI=1S/C16H16N2O/c1-12-11-16(13-7-9-15(19)10-8-13)18(17-12)14-5-3-2-4-6-14/h2-10,16,19H,11H2,1H3/t16-/m0/s1. The summed E-state index contributed by atoms with van der Waals surface area (Å²) in [6.45, 7) is 2.05. The number of benzene rings is 2. The van der Waals surface area contributed by atoms with Gasteiger partial charge in [-0.1, -0.05) is 30.3 Å². The lowest BCUT2D eigenvalue weighted by Crippen LogP contribution is -2.18. The third-order valence-electron chi connectivity index (χ3n) is 3.36. The van der Waals surface area contributed by atoms with Gasteiger partial charge in [0.05, 0.1) is 11.7 Å². The van der Waals surface area contributed by atoms with Gasteiger partial charge in [0.2, 0.25) is 0 Å². The predicted octanol–water partition coefficient (Wildman–Crippen LogP) is 3.72. The number of rotatable bonds is 2. The Bertz CT molecular complexity index is 590. The highest BCUT2D eigenvalue weighted by atomic mass is 16.3.